The predicted molar refractivity (Wildman–Crippen MR) is 75.5 cm³/mol. The third kappa shape index (κ3) is 4.30. The van der Waals surface area contributed by atoms with Crippen LogP contribution in [0.25, 0.3) is 0 Å². The van der Waals surface area contributed by atoms with Gasteiger partial charge in [-0.25, -0.2) is 0 Å². The number of furan rings is 1. The number of hydrogen-bond donors (Lipinski definition) is 1. The lowest BCUT2D eigenvalue weighted by Crippen LogP contribution is -2.83. The van der Waals surface area contributed by atoms with Crippen LogP contribution >= 0.6 is 11.6 Å². The van der Waals surface area contributed by atoms with Gasteiger partial charge in [0.15, 0.2) is 5.76 Å². The van der Waals surface area contributed by atoms with Crippen LogP contribution in [0.3, 0.4) is 0 Å². The van der Waals surface area contributed by atoms with Crippen molar-refractivity contribution in [3.8, 4) is 5.75 Å². The first kappa shape index (κ1) is 14.0. The van der Waals surface area contributed by atoms with E-state index in [0.717, 1.165) is 41.6 Å². The van der Waals surface area contributed by atoms with Crippen LogP contribution < -0.4 is 10.1 Å². The third-order valence-corrected chi connectivity index (χ3v) is 3.28. The molecule has 2 aromatic rings. The molecule has 0 radical (unpaired) electrons. The number of ether oxygens (including phenoxy) is 1. The number of halogens is 1. The van der Waals surface area contributed by atoms with Gasteiger partial charge in [-0.2, -0.15) is 0 Å². The van der Waals surface area contributed by atoms with Crippen molar-refractivity contribution < 1.29 is 14.5 Å². The van der Waals surface area contributed by atoms with E-state index in [9.17, 15) is 0 Å². The lowest BCUT2D eigenvalue weighted by molar-refractivity contribution is -0.672. The number of quaternary nitrogens is 1. The molecule has 1 aromatic heterocycles. The van der Waals surface area contributed by atoms with Crippen LogP contribution in [-0.4, -0.2) is 13.2 Å². The van der Waals surface area contributed by atoms with Crippen LogP contribution in [0.1, 0.15) is 18.2 Å². The Morgan fingerprint density at radius 1 is 1.32 bits per heavy atom. The molecule has 1 aromatic carbocycles. The zero-order valence-corrected chi connectivity index (χ0v) is 11.8. The summed E-state index contributed by atoms with van der Waals surface area (Å²) in [6.07, 6.45) is 2.61. The third-order valence-electron chi connectivity index (χ3n) is 2.91. The molecule has 2 rings (SSSR count). The summed E-state index contributed by atoms with van der Waals surface area (Å²) in [6, 6.07) is 9.69. The van der Waals surface area contributed by atoms with Gasteiger partial charge in [0, 0.05) is 5.02 Å². The molecule has 0 atom stereocenters. The molecular weight excluding hydrogens is 262 g/mol. The van der Waals surface area contributed by atoms with Gasteiger partial charge in [0.2, 0.25) is 0 Å². The summed E-state index contributed by atoms with van der Waals surface area (Å²) < 4.78 is 11.0. The zero-order chi connectivity index (χ0) is 13.5. The highest BCUT2D eigenvalue weighted by atomic mass is 35.5. The monoisotopic (exact) mass is 280 g/mol. The van der Waals surface area contributed by atoms with Crippen LogP contribution in [-0.2, 0) is 13.0 Å². The maximum Gasteiger partial charge on any atom is 0.157 e. The SMILES string of the molecule is CCc1cc(OCC[NH2+]Cc2ccco2)ccc1Cl. The highest BCUT2D eigenvalue weighted by Gasteiger charge is 2.02. The molecule has 0 aliphatic carbocycles. The number of rotatable bonds is 7. The molecule has 0 aliphatic heterocycles. The first-order chi connectivity index (χ1) is 9.29. The quantitative estimate of drug-likeness (QED) is 0.792. The van der Waals surface area contributed by atoms with E-state index in [2.05, 4.69) is 12.2 Å². The molecule has 0 saturated heterocycles. The summed E-state index contributed by atoms with van der Waals surface area (Å²) in [7, 11) is 0. The molecule has 1 heterocycles. The second-order valence-corrected chi connectivity index (χ2v) is 4.72. The Labute approximate surface area is 118 Å². The number of hydrogen-bond acceptors (Lipinski definition) is 2. The van der Waals surface area contributed by atoms with Gasteiger partial charge in [-0.1, -0.05) is 18.5 Å². The van der Waals surface area contributed by atoms with Gasteiger partial charge in [-0.05, 0) is 42.3 Å². The lowest BCUT2D eigenvalue weighted by atomic mass is 10.1. The number of benzene rings is 1. The molecule has 0 unspecified atom stereocenters. The average Bonchev–Trinajstić information content (AvgIpc) is 2.93. The fourth-order valence-corrected chi connectivity index (χ4v) is 2.10. The molecule has 0 amide bonds. The summed E-state index contributed by atoms with van der Waals surface area (Å²) in [5, 5.41) is 2.97. The van der Waals surface area contributed by atoms with Crippen LogP contribution in [0.5, 0.6) is 5.75 Å². The Hall–Kier alpha value is -1.45. The maximum atomic E-state index is 6.07. The smallest absolute Gasteiger partial charge is 0.157 e. The Morgan fingerprint density at radius 2 is 2.21 bits per heavy atom. The summed E-state index contributed by atoms with van der Waals surface area (Å²) in [4.78, 5) is 0. The average molecular weight is 281 g/mol. The Kier molecular flexibility index (Phi) is 5.31. The first-order valence-electron chi connectivity index (χ1n) is 6.55. The highest BCUT2D eigenvalue weighted by molar-refractivity contribution is 6.31. The molecule has 0 aliphatic rings. The van der Waals surface area contributed by atoms with Gasteiger partial charge in [-0.15, -0.1) is 0 Å². The van der Waals surface area contributed by atoms with Crippen molar-refractivity contribution in [1.29, 1.82) is 0 Å². The molecule has 2 N–H and O–H groups in total. The molecular formula is C15H19ClNO2+. The summed E-state index contributed by atoms with van der Waals surface area (Å²) in [6.45, 7) is 4.50. The van der Waals surface area contributed by atoms with Gasteiger partial charge < -0.3 is 14.5 Å². The number of nitrogens with two attached hydrogens (primary N) is 1. The fourth-order valence-electron chi connectivity index (χ4n) is 1.84. The summed E-state index contributed by atoms with van der Waals surface area (Å²) in [5.41, 5.74) is 1.12. The lowest BCUT2D eigenvalue weighted by Gasteiger charge is -2.08. The topological polar surface area (TPSA) is 39.0 Å². The second kappa shape index (κ2) is 7.22. The van der Waals surface area contributed by atoms with E-state index in [1.807, 2.05) is 30.3 Å². The molecule has 3 nitrogen and oxygen atoms in total. The van der Waals surface area contributed by atoms with Gasteiger partial charge in [0.25, 0.3) is 0 Å². The van der Waals surface area contributed by atoms with E-state index >= 15 is 0 Å². The highest BCUT2D eigenvalue weighted by Crippen LogP contribution is 2.22. The molecule has 0 spiro atoms. The molecule has 0 bridgehead atoms. The van der Waals surface area contributed by atoms with Crippen molar-refractivity contribution in [3.05, 3.63) is 52.9 Å². The van der Waals surface area contributed by atoms with Crippen molar-refractivity contribution in [2.75, 3.05) is 13.2 Å². The normalized spacial score (nSPS) is 10.6. The molecule has 4 heteroatoms. The minimum atomic E-state index is 0.672. The van der Waals surface area contributed by atoms with Gasteiger partial charge in [0.05, 0.1) is 6.26 Å². The van der Waals surface area contributed by atoms with Crippen LogP contribution in [0.2, 0.25) is 5.02 Å². The minimum absolute atomic E-state index is 0.672. The van der Waals surface area contributed by atoms with E-state index in [0.29, 0.717) is 6.61 Å². The van der Waals surface area contributed by atoms with Crippen molar-refractivity contribution in [3.63, 3.8) is 0 Å². The summed E-state index contributed by atoms with van der Waals surface area (Å²) in [5.74, 6) is 1.87. The molecule has 102 valence electrons. The number of aryl methyl sites for hydroxylation is 1. The zero-order valence-electron chi connectivity index (χ0n) is 11.1. The van der Waals surface area contributed by atoms with Crippen LogP contribution in [0.4, 0.5) is 0 Å². The van der Waals surface area contributed by atoms with Gasteiger partial charge >= 0.3 is 0 Å². The van der Waals surface area contributed by atoms with Crippen molar-refractivity contribution in [1.82, 2.24) is 0 Å². The standard InChI is InChI=1S/C15H18ClNO2/c1-2-12-10-13(5-6-15(12)16)19-9-7-17-11-14-4-3-8-18-14/h3-6,8,10,17H,2,7,9,11H2,1H3/p+1. The second-order valence-electron chi connectivity index (χ2n) is 4.32. The minimum Gasteiger partial charge on any atom is -0.488 e. The van der Waals surface area contributed by atoms with E-state index in [4.69, 9.17) is 20.8 Å². The molecule has 0 saturated carbocycles. The predicted octanol–water partition coefficient (Wildman–Crippen LogP) is 2.64. The first-order valence-corrected chi connectivity index (χ1v) is 6.92. The van der Waals surface area contributed by atoms with E-state index in [1.165, 1.54) is 0 Å². The van der Waals surface area contributed by atoms with E-state index in [-0.39, 0.29) is 0 Å². The Morgan fingerprint density at radius 3 is 2.95 bits per heavy atom. The van der Waals surface area contributed by atoms with E-state index < -0.39 is 0 Å². The molecule has 19 heavy (non-hydrogen) atoms. The molecule has 0 fully saturated rings. The van der Waals surface area contributed by atoms with Gasteiger partial charge in [0.1, 0.15) is 25.4 Å². The van der Waals surface area contributed by atoms with Crippen molar-refractivity contribution in [2.24, 2.45) is 0 Å². The van der Waals surface area contributed by atoms with Crippen molar-refractivity contribution >= 4 is 11.6 Å². The van der Waals surface area contributed by atoms with Crippen LogP contribution in [0.15, 0.2) is 41.0 Å². The maximum absolute atomic E-state index is 6.07. The van der Waals surface area contributed by atoms with Gasteiger partial charge in [-0.3, -0.25) is 0 Å². The Balaban J connectivity index is 1.70. The largest absolute Gasteiger partial charge is 0.488 e. The van der Waals surface area contributed by atoms with Crippen molar-refractivity contribution in [2.45, 2.75) is 19.9 Å². The van der Waals surface area contributed by atoms with E-state index in [1.54, 1.807) is 6.26 Å². The Bertz CT molecular complexity index is 497. The fraction of sp³-hybridized carbons (Fsp3) is 0.333. The summed E-state index contributed by atoms with van der Waals surface area (Å²) >= 11 is 6.07. The van der Waals surface area contributed by atoms with Crippen LogP contribution in [0, 0.1) is 0 Å².